The average Bonchev–Trinajstić information content (AvgIpc) is 2.88. The summed E-state index contributed by atoms with van der Waals surface area (Å²) in [4.78, 5) is 14.3. The van der Waals surface area contributed by atoms with Gasteiger partial charge in [-0.1, -0.05) is 6.07 Å². The summed E-state index contributed by atoms with van der Waals surface area (Å²) < 4.78 is 5.86. The number of fused-ring (bicyclic) bond motifs is 1. The molecule has 4 nitrogen and oxygen atoms in total. The Morgan fingerprint density at radius 3 is 2.86 bits per heavy atom. The minimum absolute atomic E-state index is 0.104. The molecule has 1 aromatic carbocycles. The van der Waals surface area contributed by atoms with E-state index in [1.165, 1.54) is 17.5 Å². The third kappa shape index (κ3) is 3.05. The zero-order valence-electron chi connectivity index (χ0n) is 12.7. The van der Waals surface area contributed by atoms with E-state index in [1.807, 2.05) is 30.0 Å². The standard InChI is InChI=1S/C17H24N2O2/c1-12(17(20)19-9-3-2-4-10-19)21-14-6-7-15-13(11-14)5-8-16(15)18/h6-7,11-12,16H,2-5,8-10,18H2,1H3. The second-order valence-electron chi connectivity index (χ2n) is 6.15. The summed E-state index contributed by atoms with van der Waals surface area (Å²) >= 11 is 0. The van der Waals surface area contributed by atoms with Gasteiger partial charge in [0.25, 0.3) is 5.91 Å². The molecular formula is C17H24N2O2. The lowest BCUT2D eigenvalue weighted by molar-refractivity contribution is -0.138. The first-order valence-electron chi connectivity index (χ1n) is 7.99. The number of nitrogens with two attached hydrogens (primary N) is 1. The van der Waals surface area contributed by atoms with Crippen LogP contribution in [0.3, 0.4) is 0 Å². The molecule has 2 atom stereocenters. The van der Waals surface area contributed by atoms with Gasteiger partial charge in [0.2, 0.25) is 0 Å². The number of amides is 1. The molecule has 1 heterocycles. The highest BCUT2D eigenvalue weighted by Crippen LogP contribution is 2.32. The minimum atomic E-state index is -0.420. The molecule has 1 aliphatic carbocycles. The van der Waals surface area contributed by atoms with E-state index in [9.17, 15) is 4.79 Å². The van der Waals surface area contributed by atoms with Crippen molar-refractivity contribution in [2.75, 3.05) is 13.1 Å². The highest BCUT2D eigenvalue weighted by molar-refractivity contribution is 5.81. The molecule has 4 heteroatoms. The van der Waals surface area contributed by atoms with Crippen LogP contribution in [0.25, 0.3) is 0 Å². The fourth-order valence-electron chi connectivity index (χ4n) is 3.33. The van der Waals surface area contributed by atoms with E-state index in [-0.39, 0.29) is 11.9 Å². The van der Waals surface area contributed by atoms with Crippen molar-refractivity contribution in [1.82, 2.24) is 4.90 Å². The largest absolute Gasteiger partial charge is 0.481 e. The summed E-state index contributed by atoms with van der Waals surface area (Å²) in [5.74, 6) is 0.882. The van der Waals surface area contributed by atoms with E-state index in [4.69, 9.17) is 10.5 Å². The van der Waals surface area contributed by atoms with Crippen molar-refractivity contribution < 1.29 is 9.53 Å². The Morgan fingerprint density at radius 1 is 1.33 bits per heavy atom. The van der Waals surface area contributed by atoms with Crippen LogP contribution in [0.15, 0.2) is 18.2 Å². The maximum absolute atomic E-state index is 12.4. The molecule has 0 saturated carbocycles. The number of benzene rings is 1. The molecule has 1 amide bonds. The van der Waals surface area contributed by atoms with Gasteiger partial charge in [-0.15, -0.1) is 0 Å². The van der Waals surface area contributed by atoms with Crippen LogP contribution in [-0.2, 0) is 11.2 Å². The molecule has 0 spiro atoms. The van der Waals surface area contributed by atoms with Gasteiger partial charge in [0.1, 0.15) is 5.75 Å². The van der Waals surface area contributed by atoms with Crippen LogP contribution < -0.4 is 10.5 Å². The third-order valence-corrected chi connectivity index (χ3v) is 4.57. The van der Waals surface area contributed by atoms with Crippen molar-refractivity contribution in [3.05, 3.63) is 29.3 Å². The van der Waals surface area contributed by atoms with E-state index < -0.39 is 6.10 Å². The van der Waals surface area contributed by atoms with Gasteiger partial charge in [-0.05, 0) is 62.3 Å². The third-order valence-electron chi connectivity index (χ3n) is 4.57. The van der Waals surface area contributed by atoms with Gasteiger partial charge in [-0.25, -0.2) is 0 Å². The molecule has 114 valence electrons. The number of piperidine rings is 1. The van der Waals surface area contributed by atoms with Crippen molar-refractivity contribution in [3.8, 4) is 5.75 Å². The second kappa shape index (κ2) is 6.06. The second-order valence-corrected chi connectivity index (χ2v) is 6.15. The zero-order valence-corrected chi connectivity index (χ0v) is 12.7. The molecule has 2 aliphatic rings. The number of nitrogens with zero attached hydrogens (tertiary/aromatic N) is 1. The van der Waals surface area contributed by atoms with Crippen LogP contribution in [0.4, 0.5) is 0 Å². The van der Waals surface area contributed by atoms with E-state index in [0.29, 0.717) is 0 Å². The summed E-state index contributed by atoms with van der Waals surface area (Å²) in [6, 6.07) is 6.17. The minimum Gasteiger partial charge on any atom is -0.481 e. The topological polar surface area (TPSA) is 55.6 Å². The Labute approximate surface area is 126 Å². The predicted molar refractivity (Wildman–Crippen MR) is 82.2 cm³/mol. The summed E-state index contributed by atoms with van der Waals surface area (Å²) in [6.45, 7) is 3.58. The number of aryl methyl sites for hydroxylation is 1. The molecule has 0 bridgehead atoms. The number of ether oxygens (including phenoxy) is 1. The lowest BCUT2D eigenvalue weighted by Gasteiger charge is -2.29. The first kappa shape index (κ1) is 14.4. The van der Waals surface area contributed by atoms with Gasteiger partial charge in [0.05, 0.1) is 0 Å². The van der Waals surface area contributed by atoms with E-state index in [1.54, 1.807) is 0 Å². The van der Waals surface area contributed by atoms with Crippen LogP contribution >= 0.6 is 0 Å². The van der Waals surface area contributed by atoms with Crippen molar-refractivity contribution in [2.24, 2.45) is 5.73 Å². The fourth-order valence-corrected chi connectivity index (χ4v) is 3.33. The highest BCUT2D eigenvalue weighted by Gasteiger charge is 2.24. The molecule has 0 radical (unpaired) electrons. The van der Waals surface area contributed by atoms with Crippen molar-refractivity contribution in [1.29, 1.82) is 0 Å². The Kier molecular flexibility index (Phi) is 4.15. The summed E-state index contributed by atoms with van der Waals surface area (Å²) in [5.41, 5.74) is 8.52. The Morgan fingerprint density at radius 2 is 2.10 bits per heavy atom. The first-order chi connectivity index (χ1) is 10.1. The van der Waals surface area contributed by atoms with Gasteiger partial charge < -0.3 is 15.4 Å². The van der Waals surface area contributed by atoms with Crippen LogP contribution in [-0.4, -0.2) is 30.0 Å². The molecule has 1 aliphatic heterocycles. The lowest BCUT2D eigenvalue weighted by Crippen LogP contribution is -2.43. The van der Waals surface area contributed by atoms with Gasteiger partial charge in [-0.3, -0.25) is 4.79 Å². The number of carbonyl (C=O) groups excluding carboxylic acids is 1. The Hall–Kier alpha value is -1.55. The van der Waals surface area contributed by atoms with Gasteiger partial charge >= 0.3 is 0 Å². The van der Waals surface area contributed by atoms with Crippen molar-refractivity contribution in [2.45, 2.75) is 51.2 Å². The van der Waals surface area contributed by atoms with Crippen molar-refractivity contribution >= 4 is 5.91 Å². The predicted octanol–water partition coefficient (Wildman–Crippen LogP) is 2.41. The number of likely N-dealkylation sites (tertiary alicyclic amines) is 1. The van der Waals surface area contributed by atoms with E-state index >= 15 is 0 Å². The lowest BCUT2D eigenvalue weighted by atomic mass is 10.1. The van der Waals surface area contributed by atoms with Crippen LogP contribution in [0.2, 0.25) is 0 Å². The number of hydrogen-bond acceptors (Lipinski definition) is 3. The van der Waals surface area contributed by atoms with Crippen LogP contribution in [0.1, 0.15) is 49.8 Å². The summed E-state index contributed by atoms with van der Waals surface area (Å²) in [5, 5.41) is 0. The first-order valence-corrected chi connectivity index (χ1v) is 7.99. The molecule has 2 unspecified atom stereocenters. The monoisotopic (exact) mass is 288 g/mol. The average molecular weight is 288 g/mol. The number of hydrogen-bond donors (Lipinski definition) is 1. The van der Waals surface area contributed by atoms with Gasteiger partial charge in [-0.2, -0.15) is 0 Å². The molecule has 3 rings (SSSR count). The molecule has 2 N–H and O–H groups in total. The van der Waals surface area contributed by atoms with Crippen LogP contribution in [0.5, 0.6) is 5.75 Å². The number of carbonyl (C=O) groups is 1. The maximum atomic E-state index is 12.4. The van der Waals surface area contributed by atoms with Crippen LogP contribution in [0, 0.1) is 0 Å². The zero-order chi connectivity index (χ0) is 14.8. The Bertz CT molecular complexity index is 524. The smallest absolute Gasteiger partial charge is 0.263 e. The SMILES string of the molecule is CC(Oc1ccc2c(c1)CCC2N)C(=O)N1CCCCC1. The van der Waals surface area contributed by atoms with Gasteiger partial charge in [0, 0.05) is 19.1 Å². The Balaban J connectivity index is 1.64. The van der Waals surface area contributed by atoms with E-state index in [2.05, 4.69) is 0 Å². The molecule has 0 aromatic heterocycles. The van der Waals surface area contributed by atoms with Crippen molar-refractivity contribution in [3.63, 3.8) is 0 Å². The fraction of sp³-hybridized carbons (Fsp3) is 0.588. The molecular weight excluding hydrogens is 264 g/mol. The normalized spacial score (nSPS) is 22.8. The molecule has 1 fully saturated rings. The summed E-state index contributed by atoms with van der Waals surface area (Å²) in [6.07, 6.45) is 5.02. The highest BCUT2D eigenvalue weighted by atomic mass is 16.5. The molecule has 21 heavy (non-hydrogen) atoms. The molecule has 1 aromatic rings. The number of rotatable bonds is 3. The quantitative estimate of drug-likeness (QED) is 0.929. The molecule has 1 saturated heterocycles. The maximum Gasteiger partial charge on any atom is 0.263 e. The summed E-state index contributed by atoms with van der Waals surface area (Å²) in [7, 11) is 0. The van der Waals surface area contributed by atoms with Gasteiger partial charge in [0.15, 0.2) is 6.10 Å². The van der Waals surface area contributed by atoms with E-state index in [0.717, 1.165) is 44.5 Å².